The number of anilines is 1. The topological polar surface area (TPSA) is 64.3 Å². The van der Waals surface area contributed by atoms with Crippen molar-refractivity contribution in [1.82, 2.24) is 0 Å². The van der Waals surface area contributed by atoms with E-state index in [9.17, 15) is 4.79 Å². The third-order valence-corrected chi connectivity index (χ3v) is 5.96. The molecule has 0 bridgehead atoms. The summed E-state index contributed by atoms with van der Waals surface area (Å²) in [5.41, 5.74) is 6.22. The SMILES string of the molecule is COc1ccccc1NC(C(N)=O)c1cc(Br)c(Br)s1. The average Bonchev–Trinajstić information content (AvgIpc) is 2.75. The van der Waals surface area contributed by atoms with Gasteiger partial charge in [0.2, 0.25) is 5.91 Å². The van der Waals surface area contributed by atoms with Crippen LogP contribution in [0.1, 0.15) is 10.9 Å². The maximum Gasteiger partial charge on any atom is 0.245 e. The lowest BCUT2D eigenvalue weighted by Crippen LogP contribution is -2.27. The van der Waals surface area contributed by atoms with E-state index in [1.165, 1.54) is 11.3 Å². The van der Waals surface area contributed by atoms with Crippen LogP contribution in [0.25, 0.3) is 0 Å². The van der Waals surface area contributed by atoms with Crippen molar-refractivity contribution in [2.75, 3.05) is 12.4 Å². The second-order valence-corrected chi connectivity index (χ2v) is 7.21. The van der Waals surface area contributed by atoms with E-state index < -0.39 is 11.9 Å². The van der Waals surface area contributed by atoms with Crippen molar-refractivity contribution in [3.8, 4) is 5.75 Å². The van der Waals surface area contributed by atoms with Crippen molar-refractivity contribution in [3.05, 3.63) is 43.5 Å². The summed E-state index contributed by atoms with van der Waals surface area (Å²) in [5.74, 6) is 0.214. The molecule has 0 saturated heterocycles. The molecule has 0 saturated carbocycles. The van der Waals surface area contributed by atoms with Crippen LogP contribution in [-0.4, -0.2) is 13.0 Å². The van der Waals surface area contributed by atoms with Gasteiger partial charge in [-0.25, -0.2) is 0 Å². The Balaban J connectivity index is 2.33. The average molecular weight is 420 g/mol. The normalized spacial score (nSPS) is 11.9. The zero-order valence-electron chi connectivity index (χ0n) is 10.5. The van der Waals surface area contributed by atoms with Gasteiger partial charge < -0.3 is 15.8 Å². The van der Waals surface area contributed by atoms with Crippen LogP contribution in [0.3, 0.4) is 0 Å². The van der Waals surface area contributed by atoms with Gasteiger partial charge in [-0.3, -0.25) is 4.79 Å². The molecule has 2 aromatic rings. The van der Waals surface area contributed by atoms with Crippen LogP contribution in [0, 0.1) is 0 Å². The number of carbonyl (C=O) groups is 1. The highest BCUT2D eigenvalue weighted by molar-refractivity contribution is 9.13. The molecule has 2 rings (SSSR count). The third-order valence-electron chi connectivity index (χ3n) is 2.64. The van der Waals surface area contributed by atoms with E-state index in [1.54, 1.807) is 7.11 Å². The van der Waals surface area contributed by atoms with Crippen LogP contribution in [0.4, 0.5) is 5.69 Å². The minimum atomic E-state index is -0.612. The molecule has 0 aliphatic rings. The van der Waals surface area contributed by atoms with Gasteiger partial charge in [-0.15, -0.1) is 11.3 Å². The van der Waals surface area contributed by atoms with E-state index in [0.717, 1.165) is 18.8 Å². The summed E-state index contributed by atoms with van der Waals surface area (Å²) in [6.07, 6.45) is 0. The largest absolute Gasteiger partial charge is 0.495 e. The summed E-state index contributed by atoms with van der Waals surface area (Å²) in [7, 11) is 1.58. The number of thiophene rings is 1. The summed E-state index contributed by atoms with van der Waals surface area (Å²) in [6, 6.07) is 8.64. The lowest BCUT2D eigenvalue weighted by Gasteiger charge is -2.17. The molecule has 1 heterocycles. The van der Waals surface area contributed by atoms with Crippen LogP contribution >= 0.6 is 43.2 Å². The monoisotopic (exact) mass is 418 g/mol. The molecule has 1 unspecified atom stereocenters. The molecule has 0 fully saturated rings. The van der Waals surface area contributed by atoms with Crippen molar-refractivity contribution in [2.45, 2.75) is 6.04 Å². The fourth-order valence-corrected chi connectivity index (χ4v) is 3.86. The molecule has 0 spiro atoms. The number of hydrogen-bond acceptors (Lipinski definition) is 4. The maximum absolute atomic E-state index is 11.7. The van der Waals surface area contributed by atoms with E-state index in [4.69, 9.17) is 10.5 Å². The highest BCUT2D eigenvalue weighted by atomic mass is 79.9. The van der Waals surface area contributed by atoms with Crippen LogP contribution in [0.2, 0.25) is 0 Å². The summed E-state index contributed by atoms with van der Waals surface area (Å²) in [4.78, 5) is 12.5. The summed E-state index contributed by atoms with van der Waals surface area (Å²) < 4.78 is 7.07. The molecule has 1 atom stereocenters. The number of methoxy groups -OCH3 is 1. The van der Waals surface area contributed by atoms with Crippen molar-refractivity contribution >= 4 is 54.8 Å². The molecule has 1 aromatic heterocycles. The standard InChI is InChI=1S/C13H12Br2N2O2S/c1-19-9-5-3-2-4-8(9)17-11(13(16)18)10-6-7(14)12(15)20-10/h2-6,11,17H,1H3,(H2,16,18). The minimum Gasteiger partial charge on any atom is -0.495 e. The van der Waals surface area contributed by atoms with Gasteiger partial charge in [0.05, 0.1) is 16.6 Å². The first-order valence-electron chi connectivity index (χ1n) is 5.66. The van der Waals surface area contributed by atoms with Gasteiger partial charge in [0.25, 0.3) is 0 Å². The highest BCUT2D eigenvalue weighted by Gasteiger charge is 2.22. The molecular formula is C13H12Br2N2O2S. The molecular weight excluding hydrogens is 408 g/mol. The predicted octanol–water partition coefficient (Wildman–Crippen LogP) is 3.92. The number of primary amides is 1. The molecule has 1 amide bonds. The second kappa shape index (κ2) is 6.60. The Morgan fingerprint density at radius 1 is 1.40 bits per heavy atom. The number of para-hydroxylation sites is 2. The van der Waals surface area contributed by atoms with E-state index in [1.807, 2.05) is 30.3 Å². The Kier molecular flexibility index (Phi) is 5.06. The van der Waals surface area contributed by atoms with Gasteiger partial charge in [0.1, 0.15) is 11.8 Å². The molecule has 1 aromatic carbocycles. The van der Waals surface area contributed by atoms with Crippen LogP contribution in [0.15, 0.2) is 38.6 Å². The number of ether oxygens (including phenoxy) is 1. The fraction of sp³-hybridized carbons (Fsp3) is 0.154. The number of rotatable bonds is 5. The number of halogens is 2. The van der Waals surface area contributed by atoms with Crippen molar-refractivity contribution in [1.29, 1.82) is 0 Å². The van der Waals surface area contributed by atoms with Crippen LogP contribution < -0.4 is 15.8 Å². The Labute approximate surface area is 137 Å². The third kappa shape index (κ3) is 3.34. The zero-order chi connectivity index (χ0) is 14.7. The molecule has 20 heavy (non-hydrogen) atoms. The number of amides is 1. The fourth-order valence-electron chi connectivity index (χ4n) is 1.71. The molecule has 0 aliphatic heterocycles. The first-order chi connectivity index (χ1) is 9.52. The van der Waals surface area contributed by atoms with Gasteiger partial charge in [-0.1, -0.05) is 12.1 Å². The number of hydrogen-bond donors (Lipinski definition) is 2. The van der Waals surface area contributed by atoms with Crippen molar-refractivity contribution in [2.24, 2.45) is 5.73 Å². The molecule has 7 heteroatoms. The molecule has 0 aliphatic carbocycles. The minimum absolute atomic E-state index is 0.447. The van der Waals surface area contributed by atoms with Crippen molar-refractivity contribution < 1.29 is 9.53 Å². The van der Waals surface area contributed by atoms with Gasteiger partial charge in [-0.05, 0) is 50.1 Å². The summed E-state index contributed by atoms with van der Waals surface area (Å²) >= 11 is 8.27. The van der Waals surface area contributed by atoms with Gasteiger partial charge >= 0.3 is 0 Å². The second-order valence-electron chi connectivity index (χ2n) is 3.95. The van der Waals surface area contributed by atoms with E-state index in [-0.39, 0.29) is 0 Å². The molecule has 106 valence electrons. The number of nitrogens with two attached hydrogens (primary N) is 1. The smallest absolute Gasteiger partial charge is 0.245 e. The summed E-state index contributed by atoms with van der Waals surface area (Å²) in [6.45, 7) is 0. The van der Waals surface area contributed by atoms with E-state index in [0.29, 0.717) is 5.75 Å². The molecule has 4 nitrogen and oxygen atoms in total. The number of benzene rings is 1. The predicted molar refractivity (Wildman–Crippen MR) is 88.3 cm³/mol. The van der Waals surface area contributed by atoms with E-state index in [2.05, 4.69) is 37.2 Å². The van der Waals surface area contributed by atoms with Crippen LogP contribution in [0.5, 0.6) is 5.75 Å². The number of nitrogens with one attached hydrogen (secondary N) is 1. The highest BCUT2D eigenvalue weighted by Crippen LogP contribution is 2.37. The molecule has 3 N–H and O–H groups in total. The Bertz CT molecular complexity index is 611. The lowest BCUT2D eigenvalue weighted by molar-refractivity contribution is -0.118. The van der Waals surface area contributed by atoms with E-state index >= 15 is 0 Å². The van der Waals surface area contributed by atoms with Gasteiger partial charge in [0, 0.05) is 9.35 Å². The van der Waals surface area contributed by atoms with Gasteiger partial charge in [-0.2, -0.15) is 0 Å². The van der Waals surface area contributed by atoms with Crippen LogP contribution in [-0.2, 0) is 4.79 Å². The zero-order valence-corrected chi connectivity index (χ0v) is 14.5. The summed E-state index contributed by atoms with van der Waals surface area (Å²) in [5, 5.41) is 3.12. The van der Waals surface area contributed by atoms with Crippen molar-refractivity contribution in [3.63, 3.8) is 0 Å². The Hall–Kier alpha value is -1.05. The maximum atomic E-state index is 11.7. The van der Waals surface area contributed by atoms with Gasteiger partial charge in [0.15, 0.2) is 0 Å². The molecule has 0 radical (unpaired) electrons. The quantitative estimate of drug-likeness (QED) is 0.771. The Morgan fingerprint density at radius 3 is 2.65 bits per heavy atom. The first kappa shape index (κ1) is 15.3. The Morgan fingerprint density at radius 2 is 2.10 bits per heavy atom. The first-order valence-corrected chi connectivity index (χ1v) is 8.06. The number of carbonyl (C=O) groups excluding carboxylic acids is 1. The lowest BCUT2D eigenvalue weighted by atomic mass is 10.2.